The molecule has 6 heteroatoms. The van der Waals surface area contributed by atoms with E-state index < -0.39 is 5.82 Å². The number of aromatic nitrogens is 1. The Morgan fingerprint density at radius 1 is 1.65 bits per heavy atom. The molecule has 0 radical (unpaired) electrons. The van der Waals surface area contributed by atoms with Gasteiger partial charge >= 0.3 is 0 Å². The van der Waals surface area contributed by atoms with Gasteiger partial charge in [-0.1, -0.05) is 11.6 Å². The van der Waals surface area contributed by atoms with Crippen molar-refractivity contribution in [1.29, 1.82) is 0 Å². The Labute approximate surface area is 105 Å². The molecular formula is C11H15ClFN3O. The number of rotatable bonds is 3. The number of anilines is 1. The molecule has 1 aromatic rings. The van der Waals surface area contributed by atoms with E-state index in [9.17, 15) is 4.39 Å². The summed E-state index contributed by atoms with van der Waals surface area (Å²) in [5, 5.41) is 2.69. The molecule has 17 heavy (non-hydrogen) atoms. The first-order chi connectivity index (χ1) is 8.10. The molecular weight excluding hydrogens is 245 g/mol. The standard InChI is InChI=1S/C11H15ClFN3O/c1-14-9-5-8(13)10(12)15-11(9)17-7-3-4-16(2)6-7/h5,7,14H,3-4,6H2,1-2H3. The van der Waals surface area contributed by atoms with Gasteiger partial charge in [-0.15, -0.1) is 0 Å². The number of ether oxygens (including phenoxy) is 1. The molecule has 1 aliphatic rings. The number of likely N-dealkylation sites (N-methyl/N-ethyl adjacent to an activating group) is 1. The fourth-order valence-electron chi connectivity index (χ4n) is 1.87. The quantitative estimate of drug-likeness (QED) is 0.843. The zero-order valence-corrected chi connectivity index (χ0v) is 10.6. The minimum atomic E-state index is -0.549. The molecule has 1 fully saturated rings. The predicted octanol–water partition coefficient (Wildman–Crippen LogP) is 2.00. The average molecular weight is 260 g/mol. The maximum Gasteiger partial charge on any atom is 0.239 e. The third kappa shape index (κ3) is 2.79. The van der Waals surface area contributed by atoms with Crippen LogP contribution >= 0.6 is 11.6 Å². The Balaban J connectivity index is 2.17. The first-order valence-electron chi connectivity index (χ1n) is 5.49. The molecule has 94 valence electrons. The number of pyridine rings is 1. The van der Waals surface area contributed by atoms with Crippen molar-refractivity contribution in [3.8, 4) is 5.88 Å². The van der Waals surface area contributed by atoms with E-state index in [1.807, 2.05) is 7.05 Å². The summed E-state index contributed by atoms with van der Waals surface area (Å²) in [7, 11) is 3.73. The Bertz CT molecular complexity index is 416. The van der Waals surface area contributed by atoms with Crippen LogP contribution in [0.2, 0.25) is 5.15 Å². The van der Waals surface area contributed by atoms with Gasteiger partial charge in [0.1, 0.15) is 11.8 Å². The van der Waals surface area contributed by atoms with Crippen molar-refractivity contribution in [2.24, 2.45) is 0 Å². The van der Waals surface area contributed by atoms with E-state index in [4.69, 9.17) is 16.3 Å². The Hall–Kier alpha value is -1.07. The molecule has 1 atom stereocenters. The summed E-state index contributed by atoms with van der Waals surface area (Å²) in [6.07, 6.45) is 1.03. The molecule has 1 unspecified atom stereocenters. The lowest BCUT2D eigenvalue weighted by Gasteiger charge is -2.16. The summed E-state index contributed by atoms with van der Waals surface area (Å²) < 4.78 is 19.0. The lowest BCUT2D eigenvalue weighted by Crippen LogP contribution is -2.22. The fraction of sp³-hybridized carbons (Fsp3) is 0.545. The second-order valence-electron chi connectivity index (χ2n) is 4.15. The highest BCUT2D eigenvalue weighted by Gasteiger charge is 2.23. The molecule has 2 rings (SSSR count). The van der Waals surface area contributed by atoms with Gasteiger partial charge in [0.2, 0.25) is 5.88 Å². The molecule has 0 spiro atoms. The zero-order chi connectivity index (χ0) is 12.4. The summed E-state index contributed by atoms with van der Waals surface area (Å²) in [4.78, 5) is 6.09. The van der Waals surface area contributed by atoms with Crippen LogP contribution in [0.3, 0.4) is 0 Å². The molecule has 1 saturated heterocycles. The van der Waals surface area contributed by atoms with E-state index in [1.165, 1.54) is 6.07 Å². The highest BCUT2D eigenvalue weighted by Crippen LogP contribution is 2.28. The number of halogens is 2. The molecule has 0 saturated carbocycles. The Kier molecular flexibility index (Phi) is 3.69. The first-order valence-corrected chi connectivity index (χ1v) is 5.87. The molecule has 0 aliphatic carbocycles. The van der Waals surface area contributed by atoms with E-state index in [-0.39, 0.29) is 11.3 Å². The van der Waals surface area contributed by atoms with Gasteiger partial charge < -0.3 is 15.0 Å². The van der Waals surface area contributed by atoms with Crippen LogP contribution in [0, 0.1) is 5.82 Å². The van der Waals surface area contributed by atoms with E-state index >= 15 is 0 Å². The molecule has 0 aromatic carbocycles. The van der Waals surface area contributed by atoms with E-state index in [0.717, 1.165) is 19.5 Å². The van der Waals surface area contributed by atoms with E-state index in [0.29, 0.717) is 11.6 Å². The molecule has 4 nitrogen and oxygen atoms in total. The third-order valence-electron chi connectivity index (χ3n) is 2.79. The van der Waals surface area contributed by atoms with Crippen LogP contribution in [0.25, 0.3) is 0 Å². The maximum absolute atomic E-state index is 13.2. The second kappa shape index (κ2) is 5.06. The van der Waals surface area contributed by atoms with Gasteiger partial charge in [-0.25, -0.2) is 4.39 Å². The van der Waals surface area contributed by atoms with Gasteiger partial charge in [0.25, 0.3) is 0 Å². The van der Waals surface area contributed by atoms with Crippen molar-refractivity contribution in [2.75, 3.05) is 32.5 Å². The van der Waals surface area contributed by atoms with Crippen molar-refractivity contribution in [2.45, 2.75) is 12.5 Å². The van der Waals surface area contributed by atoms with Crippen LogP contribution in [0.1, 0.15) is 6.42 Å². The monoisotopic (exact) mass is 259 g/mol. The van der Waals surface area contributed by atoms with Gasteiger partial charge in [-0.2, -0.15) is 4.98 Å². The average Bonchev–Trinajstić information content (AvgIpc) is 2.69. The van der Waals surface area contributed by atoms with Crippen LogP contribution in [0.5, 0.6) is 5.88 Å². The summed E-state index contributed by atoms with van der Waals surface area (Å²) in [6.45, 7) is 1.84. The normalized spacial score (nSPS) is 20.6. The molecule has 1 N–H and O–H groups in total. The summed E-state index contributed by atoms with van der Waals surface area (Å²) in [5.74, 6) is -0.189. The summed E-state index contributed by atoms with van der Waals surface area (Å²) >= 11 is 5.65. The van der Waals surface area contributed by atoms with Crippen molar-refractivity contribution in [3.63, 3.8) is 0 Å². The molecule has 1 aromatic heterocycles. The number of nitrogens with one attached hydrogen (secondary N) is 1. The smallest absolute Gasteiger partial charge is 0.239 e. The minimum Gasteiger partial charge on any atom is -0.471 e. The largest absolute Gasteiger partial charge is 0.471 e. The van der Waals surface area contributed by atoms with Gasteiger partial charge in [-0.3, -0.25) is 0 Å². The van der Waals surface area contributed by atoms with Crippen molar-refractivity contribution in [3.05, 3.63) is 17.0 Å². The highest BCUT2D eigenvalue weighted by atomic mass is 35.5. The minimum absolute atomic E-state index is 0.0844. The molecule has 0 amide bonds. The van der Waals surface area contributed by atoms with Crippen molar-refractivity contribution in [1.82, 2.24) is 9.88 Å². The summed E-state index contributed by atoms with van der Waals surface area (Å²) in [6, 6.07) is 1.29. The highest BCUT2D eigenvalue weighted by molar-refractivity contribution is 6.29. The lowest BCUT2D eigenvalue weighted by atomic mass is 10.3. The maximum atomic E-state index is 13.2. The third-order valence-corrected chi connectivity index (χ3v) is 3.06. The Morgan fingerprint density at radius 2 is 2.41 bits per heavy atom. The van der Waals surface area contributed by atoms with E-state index in [1.54, 1.807) is 7.05 Å². The molecule has 0 bridgehead atoms. The predicted molar refractivity (Wildman–Crippen MR) is 65.3 cm³/mol. The Morgan fingerprint density at radius 3 is 3.00 bits per heavy atom. The van der Waals surface area contributed by atoms with Gasteiger partial charge in [0.15, 0.2) is 11.0 Å². The summed E-state index contributed by atoms with van der Waals surface area (Å²) in [5.41, 5.74) is 0.515. The van der Waals surface area contributed by atoms with Crippen LogP contribution in [-0.2, 0) is 0 Å². The SMILES string of the molecule is CNc1cc(F)c(Cl)nc1OC1CCN(C)C1. The van der Waals surface area contributed by atoms with Crippen LogP contribution in [0.15, 0.2) is 6.07 Å². The van der Waals surface area contributed by atoms with Gasteiger partial charge in [0.05, 0.1) is 0 Å². The fourth-order valence-corrected chi connectivity index (χ4v) is 2.00. The molecule has 1 aliphatic heterocycles. The lowest BCUT2D eigenvalue weighted by molar-refractivity contribution is 0.201. The van der Waals surface area contributed by atoms with Gasteiger partial charge in [-0.05, 0) is 13.5 Å². The second-order valence-corrected chi connectivity index (χ2v) is 4.51. The van der Waals surface area contributed by atoms with Gasteiger partial charge in [0, 0.05) is 26.2 Å². The van der Waals surface area contributed by atoms with E-state index in [2.05, 4.69) is 15.2 Å². The number of hydrogen-bond acceptors (Lipinski definition) is 4. The van der Waals surface area contributed by atoms with Crippen molar-refractivity contribution < 1.29 is 9.13 Å². The van der Waals surface area contributed by atoms with Crippen molar-refractivity contribution >= 4 is 17.3 Å². The molecule has 2 heterocycles. The number of nitrogens with zero attached hydrogens (tertiary/aromatic N) is 2. The van der Waals surface area contributed by atoms with Crippen LogP contribution in [-0.4, -0.2) is 43.2 Å². The van der Waals surface area contributed by atoms with Crippen LogP contribution in [0.4, 0.5) is 10.1 Å². The van der Waals surface area contributed by atoms with Crippen LogP contribution < -0.4 is 10.1 Å². The first kappa shape index (κ1) is 12.4. The zero-order valence-electron chi connectivity index (χ0n) is 9.83. The number of hydrogen-bond donors (Lipinski definition) is 1. The number of likely N-dealkylation sites (tertiary alicyclic amines) is 1. The topological polar surface area (TPSA) is 37.4 Å².